The summed E-state index contributed by atoms with van der Waals surface area (Å²) in [7, 11) is 0. The van der Waals surface area contributed by atoms with E-state index in [1.54, 1.807) is 51.1 Å². The van der Waals surface area contributed by atoms with Gasteiger partial charge in [0.05, 0.1) is 6.54 Å². The van der Waals surface area contributed by atoms with Gasteiger partial charge in [-0.3, -0.25) is 38.4 Å². The molecule has 244 valence electrons. The smallest absolute Gasteiger partial charge is 0.325 e. The fraction of sp³-hybridized carbons (Fsp3) is 0.500. The van der Waals surface area contributed by atoms with Crippen molar-refractivity contribution in [1.29, 1.82) is 0 Å². The summed E-state index contributed by atoms with van der Waals surface area (Å²) in [5, 5.41) is 18.0. The van der Waals surface area contributed by atoms with E-state index in [2.05, 4.69) is 21.3 Å². The minimum atomic E-state index is -0.969. The maximum Gasteiger partial charge on any atom is 0.325 e. The van der Waals surface area contributed by atoms with Crippen molar-refractivity contribution in [3.63, 3.8) is 0 Å². The molecule has 0 aliphatic rings. The number of aliphatic hydroxyl groups is 1. The van der Waals surface area contributed by atoms with E-state index in [-0.39, 0.29) is 34.8 Å². The Morgan fingerprint density at radius 2 is 1.25 bits per heavy atom. The van der Waals surface area contributed by atoms with Gasteiger partial charge >= 0.3 is 5.97 Å². The number of carbonyl (C=O) groups is 8. The fourth-order valence-electron chi connectivity index (χ4n) is 2.87. The van der Waals surface area contributed by atoms with Crippen LogP contribution >= 0.6 is 23.5 Å². The Kier molecular flexibility index (Phi) is 19.2. The zero-order valence-corrected chi connectivity index (χ0v) is 27.1. The number of ether oxygens (including phenoxy) is 1. The van der Waals surface area contributed by atoms with Gasteiger partial charge in [-0.2, -0.15) is 0 Å². The standard InChI is InChI=1S/C15H18N2O5S.C13H22N2O5S/c1-10(19)23-9-13(15(22)16-7-12(20)8-18)17-14(21)11-5-3-2-4-6-11;1-8(16)15-10(7-21-9(2)17)12(19)14-6-11(18)20-13(3,4)5/h2-6,13,18H,7-9H2,1H3,(H,16,22)(H,17,21);10H,6-7H2,1-5H3,(H,14,19)(H,15,16)/t13-;10-/m00/s1. The highest BCUT2D eigenvalue weighted by molar-refractivity contribution is 8.13. The molecule has 1 aromatic carbocycles. The number of nitrogens with one attached hydrogen (secondary N) is 4. The van der Waals surface area contributed by atoms with E-state index in [0.29, 0.717) is 5.56 Å². The number of Topliss-reactive ketones (excluding diaryl/α,β-unsaturated/α-hetero) is 1. The van der Waals surface area contributed by atoms with E-state index in [0.717, 1.165) is 23.5 Å². The molecule has 16 heteroatoms. The van der Waals surface area contributed by atoms with Crippen LogP contribution in [0.2, 0.25) is 0 Å². The zero-order valence-electron chi connectivity index (χ0n) is 25.5. The molecule has 0 heterocycles. The Hall–Kier alpha value is -3.76. The molecule has 0 aromatic heterocycles. The molecule has 0 radical (unpaired) electrons. The summed E-state index contributed by atoms with van der Waals surface area (Å²) in [6, 6.07) is 6.48. The summed E-state index contributed by atoms with van der Waals surface area (Å²) in [5.41, 5.74) is -0.256. The Morgan fingerprint density at radius 1 is 0.773 bits per heavy atom. The lowest BCUT2D eigenvalue weighted by molar-refractivity contribution is -0.154. The number of thioether (sulfide) groups is 2. The van der Waals surface area contributed by atoms with Crippen LogP contribution in [0.25, 0.3) is 0 Å². The number of amides is 4. The van der Waals surface area contributed by atoms with Crippen molar-refractivity contribution in [3.05, 3.63) is 35.9 Å². The van der Waals surface area contributed by atoms with Crippen molar-refractivity contribution in [2.45, 2.75) is 59.2 Å². The van der Waals surface area contributed by atoms with Crippen LogP contribution in [0.5, 0.6) is 0 Å². The van der Waals surface area contributed by atoms with E-state index < -0.39 is 59.7 Å². The van der Waals surface area contributed by atoms with Gasteiger partial charge in [0.2, 0.25) is 17.7 Å². The van der Waals surface area contributed by atoms with E-state index in [1.165, 1.54) is 20.8 Å². The monoisotopic (exact) mass is 656 g/mol. The van der Waals surface area contributed by atoms with Crippen LogP contribution < -0.4 is 21.3 Å². The molecule has 0 unspecified atom stereocenters. The second-order valence-electron chi connectivity index (χ2n) is 9.97. The average molecular weight is 657 g/mol. The lowest BCUT2D eigenvalue weighted by Crippen LogP contribution is -2.49. The predicted molar refractivity (Wildman–Crippen MR) is 166 cm³/mol. The molecule has 0 fully saturated rings. The van der Waals surface area contributed by atoms with E-state index in [9.17, 15) is 38.4 Å². The summed E-state index contributed by atoms with van der Waals surface area (Å²) >= 11 is 1.82. The molecule has 2 atom stereocenters. The minimum Gasteiger partial charge on any atom is -0.459 e. The Morgan fingerprint density at radius 3 is 1.68 bits per heavy atom. The molecular formula is C28H40N4O10S2. The normalized spacial score (nSPS) is 11.8. The summed E-state index contributed by atoms with van der Waals surface area (Å²) in [5.74, 6) is -2.95. The van der Waals surface area contributed by atoms with Crippen LogP contribution in [-0.2, 0) is 38.3 Å². The summed E-state index contributed by atoms with van der Waals surface area (Å²) in [4.78, 5) is 91.6. The van der Waals surface area contributed by atoms with Gasteiger partial charge in [0.15, 0.2) is 16.0 Å². The van der Waals surface area contributed by atoms with Gasteiger partial charge < -0.3 is 31.1 Å². The predicted octanol–water partition coefficient (Wildman–Crippen LogP) is -0.0290. The Bertz CT molecular complexity index is 1170. The van der Waals surface area contributed by atoms with Crippen LogP contribution in [0.15, 0.2) is 30.3 Å². The van der Waals surface area contributed by atoms with Gasteiger partial charge in [-0.1, -0.05) is 41.7 Å². The second kappa shape index (κ2) is 21.0. The highest BCUT2D eigenvalue weighted by Gasteiger charge is 2.24. The number of aliphatic hydroxyl groups excluding tert-OH is 1. The lowest BCUT2D eigenvalue weighted by atomic mass is 10.2. The van der Waals surface area contributed by atoms with Crippen LogP contribution in [0, 0.1) is 0 Å². The van der Waals surface area contributed by atoms with Crippen molar-refractivity contribution < 1.29 is 48.2 Å². The first-order valence-corrected chi connectivity index (χ1v) is 15.2. The Balaban J connectivity index is 0.000000845. The number of ketones is 1. The third kappa shape index (κ3) is 20.2. The van der Waals surface area contributed by atoms with Crippen LogP contribution in [0.3, 0.4) is 0 Å². The third-order valence-corrected chi connectivity index (χ3v) is 6.53. The molecule has 0 spiro atoms. The fourth-order valence-corrected chi connectivity index (χ4v) is 4.14. The van der Waals surface area contributed by atoms with Crippen LogP contribution in [0.4, 0.5) is 0 Å². The molecule has 4 amide bonds. The summed E-state index contributed by atoms with van der Waals surface area (Å²) < 4.78 is 5.05. The number of benzene rings is 1. The summed E-state index contributed by atoms with van der Waals surface area (Å²) in [6.45, 7) is 7.84. The van der Waals surface area contributed by atoms with Crippen LogP contribution in [0.1, 0.15) is 51.9 Å². The van der Waals surface area contributed by atoms with Crippen LogP contribution in [-0.4, -0.2) is 99.6 Å². The van der Waals surface area contributed by atoms with Crippen molar-refractivity contribution in [1.82, 2.24) is 21.3 Å². The van der Waals surface area contributed by atoms with Gasteiger partial charge in [-0.05, 0) is 32.9 Å². The SMILES string of the molecule is CC(=O)N[C@@H](CSC(C)=O)C(=O)NCC(=O)OC(C)(C)C.CC(=O)SC[C@H](NC(=O)c1ccccc1)C(=O)NCC(=O)CO. The molecule has 1 rings (SSSR count). The molecule has 44 heavy (non-hydrogen) atoms. The Labute approximate surface area is 264 Å². The maximum absolute atomic E-state index is 12.1. The summed E-state index contributed by atoms with van der Waals surface area (Å²) in [6.07, 6.45) is 0. The highest BCUT2D eigenvalue weighted by Crippen LogP contribution is 2.08. The maximum atomic E-state index is 12.1. The molecule has 1 aromatic rings. The van der Waals surface area contributed by atoms with E-state index in [4.69, 9.17) is 9.84 Å². The topological polar surface area (TPSA) is 214 Å². The van der Waals surface area contributed by atoms with E-state index >= 15 is 0 Å². The molecule has 0 saturated carbocycles. The number of hydrogen-bond acceptors (Lipinski definition) is 12. The minimum absolute atomic E-state index is 0.0487. The van der Waals surface area contributed by atoms with Crippen molar-refractivity contribution in [3.8, 4) is 0 Å². The van der Waals surface area contributed by atoms with E-state index in [1.807, 2.05) is 0 Å². The number of rotatable bonds is 14. The van der Waals surface area contributed by atoms with Gasteiger partial charge in [0.1, 0.15) is 30.8 Å². The lowest BCUT2D eigenvalue weighted by Gasteiger charge is -2.20. The second-order valence-corrected chi connectivity index (χ2v) is 12.4. The number of hydrogen-bond donors (Lipinski definition) is 5. The van der Waals surface area contributed by atoms with Gasteiger partial charge in [-0.25, -0.2) is 0 Å². The molecule has 0 saturated heterocycles. The first-order valence-electron chi connectivity index (χ1n) is 13.2. The first-order chi connectivity index (χ1) is 20.4. The number of esters is 1. The molecule has 0 bridgehead atoms. The largest absolute Gasteiger partial charge is 0.459 e. The molecule has 14 nitrogen and oxygen atoms in total. The van der Waals surface area contributed by atoms with Crippen molar-refractivity contribution in [2.75, 3.05) is 31.2 Å². The molecule has 0 aliphatic heterocycles. The van der Waals surface area contributed by atoms with Crippen molar-refractivity contribution in [2.24, 2.45) is 0 Å². The van der Waals surface area contributed by atoms with Gasteiger partial charge in [-0.15, -0.1) is 0 Å². The number of carbonyl (C=O) groups excluding carboxylic acids is 8. The molecular weight excluding hydrogens is 616 g/mol. The zero-order chi connectivity index (χ0) is 33.9. The van der Waals surface area contributed by atoms with Crippen molar-refractivity contribution >= 4 is 69.1 Å². The van der Waals surface area contributed by atoms with Gasteiger partial charge in [0.25, 0.3) is 5.91 Å². The highest BCUT2D eigenvalue weighted by atomic mass is 32.2. The first kappa shape index (κ1) is 40.2. The quantitative estimate of drug-likeness (QED) is 0.167. The third-order valence-electron chi connectivity index (χ3n) is 4.72. The molecule has 0 aliphatic carbocycles. The molecule has 5 N–H and O–H groups in total. The van der Waals surface area contributed by atoms with Gasteiger partial charge in [0, 0.05) is 37.8 Å². The average Bonchev–Trinajstić information content (AvgIpc) is 2.94.